The van der Waals surface area contributed by atoms with E-state index < -0.39 is 0 Å². The van der Waals surface area contributed by atoms with Crippen molar-refractivity contribution in [3.05, 3.63) is 72.3 Å². The van der Waals surface area contributed by atoms with Crippen LogP contribution in [0.15, 0.2) is 61.1 Å². The monoisotopic (exact) mass is 323 g/mol. The number of benzene rings is 1. The van der Waals surface area contributed by atoms with E-state index in [4.69, 9.17) is 0 Å². The third-order valence-corrected chi connectivity index (χ3v) is 3.81. The van der Waals surface area contributed by atoms with Gasteiger partial charge in [-0.15, -0.1) is 0 Å². The summed E-state index contributed by atoms with van der Waals surface area (Å²) in [6, 6.07) is 13.7. The Morgan fingerprint density at radius 1 is 1.12 bits per heavy atom. The number of aryl methyl sites for hydroxylation is 2. The van der Waals surface area contributed by atoms with Crippen LogP contribution in [0.5, 0.6) is 0 Å². The second kappa shape index (κ2) is 7.59. The molecule has 0 radical (unpaired) electrons. The van der Waals surface area contributed by atoms with Gasteiger partial charge in [-0.25, -0.2) is 0 Å². The fourth-order valence-corrected chi connectivity index (χ4v) is 2.59. The van der Waals surface area contributed by atoms with Gasteiger partial charge >= 0.3 is 0 Å². The van der Waals surface area contributed by atoms with Crippen LogP contribution in [0.3, 0.4) is 0 Å². The van der Waals surface area contributed by atoms with Crippen molar-refractivity contribution >= 4 is 5.91 Å². The Morgan fingerprint density at radius 2 is 1.96 bits per heavy atom. The topological polar surface area (TPSA) is 64.7 Å². The molecule has 1 N–H and O–H groups in total. The van der Waals surface area contributed by atoms with Crippen LogP contribution in [0, 0.1) is 6.92 Å². The number of nitrogens with one attached hydrogen (secondary N) is 1. The second-order valence-electron chi connectivity index (χ2n) is 5.73. The molecule has 0 saturated heterocycles. The molecule has 0 unspecified atom stereocenters. The van der Waals surface area contributed by atoms with Gasteiger partial charge < -0.3 is 5.32 Å². The van der Waals surface area contributed by atoms with E-state index in [1.54, 1.807) is 10.9 Å². The Bertz CT molecular complexity index is 764. The maximum atomic E-state index is 12.4. The van der Waals surface area contributed by atoms with Crippen molar-refractivity contribution in [3.63, 3.8) is 0 Å². The third kappa shape index (κ3) is 4.32. The average molecular weight is 323 g/mol. The van der Waals surface area contributed by atoms with E-state index in [0.717, 1.165) is 11.3 Å². The zero-order valence-electron chi connectivity index (χ0n) is 13.7. The maximum Gasteiger partial charge on any atom is 0.222 e. The molecule has 0 saturated carbocycles. The van der Waals surface area contributed by atoms with Crippen molar-refractivity contribution < 1.29 is 4.79 Å². The van der Waals surface area contributed by atoms with Crippen molar-refractivity contribution in [2.75, 3.05) is 0 Å². The number of hydrogen-bond donors (Lipinski definition) is 1. The fraction of sp³-hybridized carbons (Fsp3) is 0.278. The minimum absolute atomic E-state index is 0.00385. The van der Waals surface area contributed by atoms with Gasteiger partial charge in [-0.3, -0.25) is 14.2 Å². The Kier molecular flexibility index (Phi) is 5.05. The van der Waals surface area contributed by atoms with E-state index in [-0.39, 0.29) is 11.9 Å². The van der Waals surface area contributed by atoms with Crippen molar-refractivity contribution in [1.82, 2.24) is 24.9 Å². The number of nitrogens with zero attached hydrogens (tertiary/aromatic N) is 4. The number of rotatable bonds is 7. The van der Waals surface area contributed by atoms with Gasteiger partial charge in [-0.2, -0.15) is 10.2 Å². The van der Waals surface area contributed by atoms with Crippen LogP contribution in [0.4, 0.5) is 0 Å². The summed E-state index contributed by atoms with van der Waals surface area (Å²) in [5.74, 6) is 0.00385. The number of amides is 1. The maximum absolute atomic E-state index is 12.4. The molecule has 0 aliphatic carbocycles. The lowest BCUT2D eigenvalue weighted by atomic mass is 10.1. The second-order valence-corrected chi connectivity index (χ2v) is 5.73. The predicted molar refractivity (Wildman–Crippen MR) is 91.1 cm³/mol. The average Bonchev–Trinajstić information content (AvgIpc) is 3.25. The van der Waals surface area contributed by atoms with Crippen LogP contribution >= 0.6 is 0 Å². The van der Waals surface area contributed by atoms with Gasteiger partial charge in [0.1, 0.15) is 0 Å². The minimum atomic E-state index is -0.113. The quantitative estimate of drug-likeness (QED) is 0.726. The molecular formula is C18H21N5O. The molecule has 6 heteroatoms. The van der Waals surface area contributed by atoms with Crippen LogP contribution in [-0.4, -0.2) is 25.5 Å². The van der Waals surface area contributed by atoms with E-state index in [2.05, 4.69) is 15.5 Å². The minimum Gasteiger partial charge on any atom is -0.347 e. The third-order valence-electron chi connectivity index (χ3n) is 3.81. The molecule has 1 aromatic carbocycles. The van der Waals surface area contributed by atoms with Crippen LogP contribution in [-0.2, 0) is 17.9 Å². The summed E-state index contributed by atoms with van der Waals surface area (Å²) in [6.45, 7) is 3.11. The van der Waals surface area contributed by atoms with Crippen LogP contribution < -0.4 is 5.32 Å². The normalized spacial score (nSPS) is 12.0. The summed E-state index contributed by atoms with van der Waals surface area (Å²) in [4.78, 5) is 12.4. The van der Waals surface area contributed by atoms with Gasteiger partial charge in [-0.05, 0) is 24.6 Å². The Labute approximate surface area is 141 Å². The van der Waals surface area contributed by atoms with Crippen LogP contribution in [0.1, 0.15) is 23.7 Å². The smallest absolute Gasteiger partial charge is 0.222 e. The summed E-state index contributed by atoms with van der Waals surface area (Å²) in [5, 5.41) is 11.6. The summed E-state index contributed by atoms with van der Waals surface area (Å²) >= 11 is 0. The molecule has 2 heterocycles. The van der Waals surface area contributed by atoms with E-state index in [1.165, 1.54) is 0 Å². The summed E-state index contributed by atoms with van der Waals surface area (Å²) in [5.41, 5.74) is 2.02. The van der Waals surface area contributed by atoms with Gasteiger partial charge in [0.15, 0.2) is 0 Å². The highest BCUT2D eigenvalue weighted by Crippen LogP contribution is 2.15. The highest BCUT2D eigenvalue weighted by atomic mass is 16.1. The highest BCUT2D eigenvalue weighted by Gasteiger charge is 2.15. The molecule has 0 aliphatic rings. The van der Waals surface area contributed by atoms with E-state index in [9.17, 15) is 4.79 Å². The predicted octanol–water partition coefficient (Wildman–Crippen LogP) is 2.34. The lowest BCUT2D eigenvalue weighted by Crippen LogP contribution is -2.32. The van der Waals surface area contributed by atoms with Crippen molar-refractivity contribution in [1.29, 1.82) is 0 Å². The molecular weight excluding hydrogens is 302 g/mol. The van der Waals surface area contributed by atoms with E-state index in [0.29, 0.717) is 19.5 Å². The van der Waals surface area contributed by atoms with Gasteiger partial charge in [0, 0.05) is 31.6 Å². The first-order valence-electron chi connectivity index (χ1n) is 8.02. The van der Waals surface area contributed by atoms with E-state index >= 15 is 0 Å². The standard InChI is InChI=1S/C18H21N5O/c1-15-8-12-22(21-15)13-9-18(24)20-17(14-23-11-5-10-19-23)16-6-3-2-4-7-16/h2-8,10-12,17H,9,13-14H2,1H3,(H,20,24)/t17-/m1/s1. The van der Waals surface area contributed by atoms with Crippen molar-refractivity contribution in [2.45, 2.75) is 32.5 Å². The number of hydrogen-bond acceptors (Lipinski definition) is 3. The van der Waals surface area contributed by atoms with Gasteiger partial charge in [-0.1, -0.05) is 30.3 Å². The Morgan fingerprint density at radius 3 is 2.62 bits per heavy atom. The molecule has 0 fully saturated rings. The van der Waals surface area contributed by atoms with Crippen LogP contribution in [0.25, 0.3) is 0 Å². The highest BCUT2D eigenvalue weighted by molar-refractivity contribution is 5.76. The van der Waals surface area contributed by atoms with Gasteiger partial charge in [0.05, 0.1) is 18.3 Å². The molecule has 0 spiro atoms. The lowest BCUT2D eigenvalue weighted by Gasteiger charge is -2.19. The molecule has 0 bridgehead atoms. The molecule has 1 atom stereocenters. The van der Waals surface area contributed by atoms with E-state index in [1.807, 2.05) is 66.5 Å². The molecule has 6 nitrogen and oxygen atoms in total. The zero-order valence-corrected chi connectivity index (χ0v) is 13.7. The number of aromatic nitrogens is 4. The Hall–Kier alpha value is -2.89. The van der Waals surface area contributed by atoms with Crippen LogP contribution in [0.2, 0.25) is 0 Å². The van der Waals surface area contributed by atoms with Gasteiger partial charge in [0.2, 0.25) is 5.91 Å². The number of carbonyl (C=O) groups is 1. The zero-order chi connectivity index (χ0) is 16.8. The lowest BCUT2D eigenvalue weighted by molar-refractivity contribution is -0.122. The molecule has 24 heavy (non-hydrogen) atoms. The molecule has 0 aliphatic heterocycles. The summed E-state index contributed by atoms with van der Waals surface area (Å²) in [6.07, 6.45) is 5.92. The molecule has 3 rings (SSSR count). The summed E-state index contributed by atoms with van der Waals surface area (Å²) < 4.78 is 3.62. The number of carbonyl (C=O) groups excluding carboxylic acids is 1. The first-order chi connectivity index (χ1) is 11.7. The fourth-order valence-electron chi connectivity index (χ4n) is 2.59. The van der Waals surface area contributed by atoms with Crippen molar-refractivity contribution in [3.8, 4) is 0 Å². The first kappa shape index (κ1) is 16.0. The van der Waals surface area contributed by atoms with Crippen molar-refractivity contribution in [2.24, 2.45) is 0 Å². The SMILES string of the molecule is Cc1ccn(CCC(=O)N[C@H](Cn2cccn2)c2ccccc2)n1. The Balaban J connectivity index is 1.63. The molecule has 2 aromatic heterocycles. The van der Waals surface area contributed by atoms with Gasteiger partial charge in [0.25, 0.3) is 0 Å². The summed E-state index contributed by atoms with van der Waals surface area (Å²) in [7, 11) is 0. The molecule has 3 aromatic rings. The molecule has 1 amide bonds. The first-order valence-corrected chi connectivity index (χ1v) is 8.02. The molecule has 124 valence electrons. The largest absolute Gasteiger partial charge is 0.347 e.